The average Bonchev–Trinajstić information content (AvgIpc) is 3.28. The Morgan fingerprint density at radius 1 is 1.24 bits per heavy atom. The van der Waals surface area contributed by atoms with Gasteiger partial charge in [-0.25, -0.2) is 0 Å². The van der Waals surface area contributed by atoms with Crippen molar-refractivity contribution in [1.29, 1.82) is 0 Å². The summed E-state index contributed by atoms with van der Waals surface area (Å²) in [7, 11) is 1.99. The van der Waals surface area contributed by atoms with E-state index in [1.807, 2.05) is 13.1 Å². The number of hydrogen-bond acceptors (Lipinski definition) is 2. The first-order valence-electron chi connectivity index (χ1n) is 7.06. The van der Waals surface area contributed by atoms with Crippen molar-refractivity contribution in [2.75, 3.05) is 7.05 Å². The van der Waals surface area contributed by atoms with Crippen molar-refractivity contribution < 1.29 is 4.74 Å². The topological polar surface area (TPSA) is 21.3 Å². The van der Waals surface area contributed by atoms with Gasteiger partial charge in [0.25, 0.3) is 0 Å². The third-order valence-corrected chi connectivity index (χ3v) is 4.97. The highest BCUT2D eigenvalue weighted by Crippen LogP contribution is 2.33. The smallest absolute Gasteiger partial charge is 0.120 e. The van der Waals surface area contributed by atoms with E-state index < -0.39 is 0 Å². The molecule has 1 unspecified atom stereocenters. The number of hydrogen-bond donors (Lipinski definition) is 1. The van der Waals surface area contributed by atoms with E-state index in [-0.39, 0.29) is 6.04 Å². The minimum Gasteiger partial charge on any atom is -0.490 e. The highest BCUT2D eigenvalue weighted by atomic mass is 127. The molecule has 1 atom stereocenters. The fraction of sp³-hybridized carbons (Fsp3) is 0.294. The molecule has 0 saturated heterocycles. The molecule has 2 nitrogen and oxygen atoms in total. The van der Waals surface area contributed by atoms with Gasteiger partial charge >= 0.3 is 0 Å². The summed E-state index contributed by atoms with van der Waals surface area (Å²) in [6, 6.07) is 15.0. The van der Waals surface area contributed by atoms with Crippen LogP contribution in [-0.4, -0.2) is 13.2 Å². The molecule has 0 radical (unpaired) electrons. The molecular weight excluding hydrogens is 441 g/mol. The third-order valence-electron chi connectivity index (χ3n) is 3.58. The lowest BCUT2D eigenvalue weighted by Gasteiger charge is -2.20. The van der Waals surface area contributed by atoms with Crippen LogP contribution in [0.1, 0.15) is 30.0 Å². The minimum absolute atomic E-state index is 0.150. The second-order valence-corrected chi connectivity index (χ2v) is 7.38. The first-order chi connectivity index (χ1) is 10.2. The van der Waals surface area contributed by atoms with Crippen molar-refractivity contribution in [3.63, 3.8) is 0 Å². The Bertz CT molecular complexity index is 642. The molecule has 21 heavy (non-hydrogen) atoms. The van der Waals surface area contributed by atoms with E-state index in [0.29, 0.717) is 6.10 Å². The van der Waals surface area contributed by atoms with Gasteiger partial charge in [-0.2, -0.15) is 0 Å². The molecule has 1 aliphatic carbocycles. The van der Waals surface area contributed by atoms with Gasteiger partial charge in [-0.1, -0.05) is 28.1 Å². The predicted molar refractivity (Wildman–Crippen MR) is 97.9 cm³/mol. The fourth-order valence-corrected chi connectivity index (χ4v) is 3.37. The molecular formula is C17H17BrINO. The maximum atomic E-state index is 5.91. The van der Waals surface area contributed by atoms with Crippen LogP contribution in [0.4, 0.5) is 0 Å². The Hall–Kier alpha value is -0.590. The van der Waals surface area contributed by atoms with Crippen LogP contribution >= 0.6 is 38.5 Å². The molecule has 0 bridgehead atoms. The number of rotatable bonds is 5. The van der Waals surface area contributed by atoms with E-state index >= 15 is 0 Å². The van der Waals surface area contributed by atoms with Gasteiger partial charge < -0.3 is 10.1 Å². The van der Waals surface area contributed by atoms with E-state index in [2.05, 4.69) is 80.2 Å². The molecule has 2 aromatic carbocycles. The predicted octanol–water partition coefficient (Wildman–Crippen LogP) is 4.90. The fourth-order valence-electron chi connectivity index (χ4n) is 2.38. The van der Waals surface area contributed by atoms with Crippen molar-refractivity contribution >= 4 is 38.5 Å². The zero-order valence-corrected chi connectivity index (χ0v) is 15.5. The van der Waals surface area contributed by atoms with E-state index in [0.717, 1.165) is 10.2 Å². The summed E-state index contributed by atoms with van der Waals surface area (Å²) in [4.78, 5) is 0. The van der Waals surface area contributed by atoms with E-state index in [9.17, 15) is 0 Å². The zero-order valence-electron chi connectivity index (χ0n) is 11.8. The van der Waals surface area contributed by atoms with E-state index in [4.69, 9.17) is 4.74 Å². The van der Waals surface area contributed by atoms with E-state index in [1.54, 1.807) is 0 Å². The highest BCUT2D eigenvalue weighted by Gasteiger charge is 2.24. The molecule has 3 rings (SSSR count). The second kappa shape index (κ2) is 6.67. The lowest BCUT2D eigenvalue weighted by molar-refractivity contribution is 0.302. The number of benzene rings is 2. The molecule has 0 amide bonds. The monoisotopic (exact) mass is 457 g/mol. The maximum Gasteiger partial charge on any atom is 0.120 e. The average molecular weight is 458 g/mol. The van der Waals surface area contributed by atoms with Crippen molar-refractivity contribution in [2.24, 2.45) is 0 Å². The van der Waals surface area contributed by atoms with Gasteiger partial charge in [-0.3, -0.25) is 0 Å². The summed E-state index contributed by atoms with van der Waals surface area (Å²) in [5.41, 5.74) is 2.46. The summed E-state index contributed by atoms with van der Waals surface area (Å²) in [6.45, 7) is 0. The molecule has 1 N–H and O–H groups in total. The molecule has 0 aromatic heterocycles. The summed E-state index contributed by atoms with van der Waals surface area (Å²) in [5.74, 6) is 0.969. The summed E-state index contributed by atoms with van der Waals surface area (Å²) >= 11 is 6.01. The molecule has 4 heteroatoms. The Morgan fingerprint density at radius 3 is 2.76 bits per heavy atom. The van der Waals surface area contributed by atoms with Gasteiger partial charge in [0.15, 0.2) is 0 Å². The zero-order chi connectivity index (χ0) is 14.8. The molecule has 0 spiro atoms. The Balaban J connectivity index is 1.93. The minimum atomic E-state index is 0.150. The van der Waals surface area contributed by atoms with Gasteiger partial charge in [-0.05, 0) is 83.9 Å². The quantitative estimate of drug-likeness (QED) is 0.644. The van der Waals surface area contributed by atoms with Crippen LogP contribution in [0.15, 0.2) is 46.9 Å². The molecule has 0 aliphatic heterocycles. The molecule has 1 saturated carbocycles. The van der Waals surface area contributed by atoms with Gasteiger partial charge in [0.1, 0.15) is 5.75 Å². The van der Waals surface area contributed by atoms with Crippen molar-refractivity contribution in [1.82, 2.24) is 5.32 Å². The SMILES string of the molecule is CNC(c1cccc(OC2CC2)c1)c1cc(I)ccc1Br. The Morgan fingerprint density at radius 2 is 2.05 bits per heavy atom. The molecule has 2 aromatic rings. The number of halogens is 2. The first-order valence-corrected chi connectivity index (χ1v) is 8.93. The van der Waals surface area contributed by atoms with Crippen LogP contribution in [0.5, 0.6) is 5.75 Å². The lowest BCUT2D eigenvalue weighted by Crippen LogP contribution is -2.18. The maximum absolute atomic E-state index is 5.91. The highest BCUT2D eigenvalue weighted by molar-refractivity contribution is 14.1. The third kappa shape index (κ3) is 3.79. The molecule has 1 aliphatic rings. The normalized spacial score (nSPS) is 15.8. The van der Waals surface area contributed by atoms with E-state index in [1.165, 1.54) is 27.5 Å². The summed E-state index contributed by atoms with van der Waals surface area (Å²) < 4.78 is 8.26. The van der Waals surface area contributed by atoms with Crippen LogP contribution in [-0.2, 0) is 0 Å². The van der Waals surface area contributed by atoms with Crippen molar-refractivity contribution in [3.8, 4) is 5.75 Å². The van der Waals surface area contributed by atoms with Gasteiger partial charge in [-0.15, -0.1) is 0 Å². The van der Waals surface area contributed by atoms with Crippen LogP contribution in [0.3, 0.4) is 0 Å². The van der Waals surface area contributed by atoms with Crippen LogP contribution in [0.25, 0.3) is 0 Å². The van der Waals surface area contributed by atoms with Gasteiger partial charge in [0.05, 0.1) is 12.1 Å². The largest absolute Gasteiger partial charge is 0.490 e. The van der Waals surface area contributed by atoms with Crippen LogP contribution < -0.4 is 10.1 Å². The summed E-state index contributed by atoms with van der Waals surface area (Å²) in [6.07, 6.45) is 2.79. The van der Waals surface area contributed by atoms with Crippen LogP contribution in [0, 0.1) is 3.57 Å². The number of ether oxygens (including phenoxy) is 1. The first kappa shape index (κ1) is 15.3. The van der Waals surface area contributed by atoms with Gasteiger partial charge in [0.2, 0.25) is 0 Å². The molecule has 1 fully saturated rings. The van der Waals surface area contributed by atoms with Crippen molar-refractivity contribution in [3.05, 3.63) is 61.6 Å². The number of nitrogens with one attached hydrogen (secondary N) is 1. The van der Waals surface area contributed by atoms with Gasteiger partial charge in [0, 0.05) is 8.04 Å². The van der Waals surface area contributed by atoms with Crippen molar-refractivity contribution in [2.45, 2.75) is 25.0 Å². The second-order valence-electron chi connectivity index (χ2n) is 5.28. The molecule has 110 valence electrons. The van der Waals surface area contributed by atoms with Crippen LogP contribution in [0.2, 0.25) is 0 Å². The Kier molecular flexibility index (Phi) is 4.86. The molecule has 0 heterocycles. The Labute approximate surface area is 147 Å². The lowest BCUT2D eigenvalue weighted by atomic mass is 9.99. The standard InChI is InChI=1S/C17H17BrINO/c1-20-17(15-10-12(19)5-8-16(15)18)11-3-2-4-14(9-11)21-13-6-7-13/h2-5,8-10,13,17,20H,6-7H2,1H3. The summed E-state index contributed by atoms with van der Waals surface area (Å²) in [5, 5.41) is 3.41.